The second-order valence-electron chi connectivity index (χ2n) is 7.39. The molecule has 0 unspecified atom stereocenters. The van der Waals surface area contributed by atoms with Gasteiger partial charge in [0.05, 0.1) is 18.7 Å². The highest BCUT2D eigenvalue weighted by molar-refractivity contribution is 6.01. The summed E-state index contributed by atoms with van der Waals surface area (Å²) in [5, 5.41) is 2.91. The predicted octanol–water partition coefficient (Wildman–Crippen LogP) is 3.01. The van der Waals surface area contributed by atoms with Crippen LogP contribution in [0.3, 0.4) is 0 Å². The van der Waals surface area contributed by atoms with Crippen LogP contribution in [0.2, 0.25) is 0 Å². The van der Waals surface area contributed by atoms with Crippen molar-refractivity contribution in [2.24, 2.45) is 0 Å². The van der Waals surface area contributed by atoms with Crippen LogP contribution in [0.25, 0.3) is 0 Å². The molecular weight excluding hydrogens is 364 g/mol. The molecule has 0 radical (unpaired) electrons. The first-order chi connectivity index (χ1) is 14.1. The van der Waals surface area contributed by atoms with E-state index in [1.807, 2.05) is 25.1 Å². The van der Waals surface area contributed by atoms with Crippen LogP contribution in [0, 0.1) is 6.92 Å². The highest BCUT2D eigenvalue weighted by Crippen LogP contribution is 2.31. The Balaban J connectivity index is 1.59. The van der Waals surface area contributed by atoms with E-state index in [2.05, 4.69) is 32.0 Å². The maximum atomic E-state index is 12.7. The molecule has 0 atom stereocenters. The van der Waals surface area contributed by atoms with Gasteiger partial charge in [0.15, 0.2) is 5.78 Å². The van der Waals surface area contributed by atoms with Crippen LogP contribution in [0.15, 0.2) is 48.9 Å². The van der Waals surface area contributed by atoms with Crippen molar-refractivity contribution in [3.05, 3.63) is 82.7 Å². The van der Waals surface area contributed by atoms with Crippen LogP contribution in [0.5, 0.6) is 0 Å². The Kier molecular flexibility index (Phi) is 5.51. The van der Waals surface area contributed by atoms with Gasteiger partial charge < -0.3 is 9.88 Å². The molecule has 0 spiro atoms. The SMILES string of the molecule is Cc1c(CC(=O)NCc2ccncn2)c2c(n1Cc1ccccc1)CCCC2=O. The monoisotopic (exact) mass is 388 g/mol. The Morgan fingerprint density at radius 3 is 2.76 bits per heavy atom. The Labute approximate surface area is 170 Å². The molecule has 148 valence electrons. The van der Waals surface area contributed by atoms with Crippen LogP contribution in [-0.4, -0.2) is 26.2 Å². The summed E-state index contributed by atoms with van der Waals surface area (Å²) < 4.78 is 2.22. The number of aromatic nitrogens is 3. The van der Waals surface area contributed by atoms with Gasteiger partial charge in [-0.25, -0.2) is 9.97 Å². The first-order valence-electron chi connectivity index (χ1n) is 9.93. The van der Waals surface area contributed by atoms with Crippen LogP contribution in [0.4, 0.5) is 0 Å². The van der Waals surface area contributed by atoms with E-state index in [9.17, 15) is 9.59 Å². The lowest BCUT2D eigenvalue weighted by Gasteiger charge is -2.16. The largest absolute Gasteiger partial charge is 0.350 e. The fourth-order valence-corrected chi connectivity index (χ4v) is 4.02. The zero-order chi connectivity index (χ0) is 20.2. The van der Waals surface area contributed by atoms with E-state index in [1.165, 1.54) is 11.9 Å². The Morgan fingerprint density at radius 1 is 1.17 bits per heavy atom. The maximum Gasteiger partial charge on any atom is 0.224 e. The first kappa shape index (κ1) is 19.1. The van der Waals surface area contributed by atoms with Gasteiger partial charge in [0.1, 0.15) is 6.33 Å². The van der Waals surface area contributed by atoms with E-state index >= 15 is 0 Å². The average molecular weight is 388 g/mol. The predicted molar refractivity (Wildman–Crippen MR) is 110 cm³/mol. The summed E-state index contributed by atoms with van der Waals surface area (Å²) in [6.45, 7) is 3.08. The zero-order valence-electron chi connectivity index (χ0n) is 16.5. The van der Waals surface area contributed by atoms with Gasteiger partial charge in [0, 0.05) is 36.1 Å². The molecule has 29 heavy (non-hydrogen) atoms. The van der Waals surface area contributed by atoms with E-state index in [4.69, 9.17) is 0 Å². The van der Waals surface area contributed by atoms with Gasteiger partial charge in [-0.3, -0.25) is 9.59 Å². The second kappa shape index (κ2) is 8.39. The van der Waals surface area contributed by atoms with Gasteiger partial charge in [0.25, 0.3) is 0 Å². The molecule has 4 rings (SSSR count). The molecule has 1 aliphatic rings. The summed E-state index contributed by atoms with van der Waals surface area (Å²) in [5.41, 5.74) is 5.64. The molecule has 1 aliphatic carbocycles. The van der Waals surface area contributed by atoms with Crippen LogP contribution >= 0.6 is 0 Å². The molecule has 1 amide bonds. The number of carbonyl (C=O) groups excluding carboxylic acids is 2. The molecule has 1 N–H and O–H groups in total. The summed E-state index contributed by atoms with van der Waals surface area (Å²) in [6.07, 6.45) is 5.60. The molecule has 3 aromatic rings. The van der Waals surface area contributed by atoms with Crippen molar-refractivity contribution >= 4 is 11.7 Å². The minimum Gasteiger partial charge on any atom is -0.350 e. The third kappa shape index (κ3) is 4.11. The van der Waals surface area contributed by atoms with Gasteiger partial charge in [-0.15, -0.1) is 0 Å². The van der Waals surface area contributed by atoms with Gasteiger partial charge in [0.2, 0.25) is 5.91 Å². The smallest absolute Gasteiger partial charge is 0.224 e. The lowest BCUT2D eigenvalue weighted by atomic mass is 9.92. The molecule has 0 bridgehead atoms. The molecule has 1 aromatic carbocycles. The average Bonchev–Trinajstić information content (AvgIpc) is 3.01. The third-order valence-electron chi connectivity index (χ3n) is 5.48. The molecule has 0 saturated heterocycles. The molecular formula is C23H24N4O2. The molecule has 2 heterocycles. The van der Waals surface area contributed by atoms with E-state index in [1.54, 1.807) is 12.3 Å². The number of fused-ring (bicyclic) bond motifs is 1. The van der Waals surface area contributed by atoms with Crippen LogP contribution < -0.4 is 5.32 Å². The number of carbonyl (C=O) groups is 2. The molecule has 0 fully saturated rings. The number of amides is 1. The first-order valence-corrected chi connectivity index (χ1v) is 9.93. The van der Waals surface area contributed by atoms with Gasteiger partial charge in [-0.1, -0.05) is 30.3 Å². The number of hydrogen-bond acceptors (Lipinski definition) is 4. The summed E-state index contributed by atoms with van der Waals surface area (Å²) in [7, 11) is 0. The Hall–Kier alpha value is -3.28. The van der Waals surface area contributed by atoms with Crippen molar-refractivity contribution in [2.45, 2.75) is 45.7 Å². The lowest BCUT2D eigenvalue weighted by Crippen LogP contribution is -2.26. The van der Waals surface area contributed by atoms with Gasteiger partial charge in [-0.05, 0) is 37.0 Å². The number of hydrogen-bond donors (Lipinski definition) is 1. The third-order valence-corrected chi connectivity index (χ3v) is 5.48. The quantitative estimate of drug-likeness (QED) is 0.704. The minimum atomic E-state index is -0.107. The summed E-state index contributed by atoms with van der Waals surface area (Å²) in [5.74, 6) is 0.0458. The van der Waals surface area contributed by atoms with Gasteiger partial charge in [-0.2, -0.15) is 0 Å². The van der Waals surface area contributed by atoms with E-state index in [-0.39, 0.29) is 18.1 Å². The number of nitrogens with one attached hydrogen (secondary N) is 1. The van der Waals surface area contributed by atoms with Crippen molar-refractivity contribution in [1.82, 2.24) is 19.9 Å². The van der Waals surface area contributed by atoms with Crippen LogP contribution in [-0.2, 0) is 30.7 Å². The topological polar surface area (TPSA) is 76.9 Å². The van der Waals surface area contributed by atoms with E-state index in [0.29, 0.717) is 19.5 Å². The van der Waals surface area contributed by atoms with Crippen molar-refractivity contribution in [3.8, 4) is 0 Å². The fourth-order valence-electron chi connectivity index (χ4n) is 4.02. The summed E-state index contributed by atoms with van der Waals surface area (Å²) >= 11 is 0. The fraction of sp³-hybridized carbons (Fsp3) is 0.304. The molecule has 0 saturated carbocycles. The van der Waals surface area contributed by atoms with E-state index in [0.717, 1.165) is 41.1 Å². The van der Waals surface area contributed by atoms with Crippen molar-refractivity contribution in [1.29, 1.82) is 0 Å². The van der Waals surface area contributed by atoms with Crippen molar-refractivity contribution in [3.63, 3.8) is 0 Å². The van der Waals surface area contributed by atoms with Crippen LogP contribution in [0.1, 0.15) is 51.4 Å². The zero-order valence-corrected chi connectivity index (χ0v) is 16.5. The summed E-state index contributed by atoms with van der Waals surface area (Å²) in [6, 6.07) is 12.0. The number of benzene rings is 1. The number of Topliss-reactive ketones (excluding diaryl/α,β-unsaturated/α-hetero) is 1. The molecule has 0 aliphatic heterocycles. The normalized spacial score (nSPS) is 13.2. The minimum absolute atomic E-state index is 0.107. The Morgan fingerprint density at radius 2 is 2.00 bits per heavy atom. The highest BCUT2D eigenvalue weighted by atomic mass is 16.1. The second-order valence-corrected chi connectivity index (χ2v) is 7.39. The lowest BCUT2D eigenvalue weighted by molar-refractivity contribution is -0.120. The molecule has 6 nitrogen and oxygen atoms in total. The standard InChI is InChI=1S/C23H24N4O2/c1-16-19(12-22(29)25-13-18-10-11-24-15-26-18)23-20(8-5-9-21(23)28)27(16)14-17-6-3-2-4-7-17/h2-4,6-7,10-11,15H,5,8-9,12-14H2,1H3,(H,25,29). The van der Waals surface area contributed by atoms with Gasteiger partial charge >= 0.3 is 0 Å². The highest BCUT2D eigenvalue weighted by Gasteiger charge is 2.29. The molecule has 2 aromatic heterocycles. The van der Waals surface area contributed by atoms with Crippen molar-refractivity contribution in [2.75, 3.05) is 0 Å². The molecule has 6 heteroatoms. The number of nitrogens with zero attached hydrogens (tertiary/aromatic N) is 3. The summed E-state index contributed by atoms with van der Waals surface area (Å²) in [4.78, 5) is 33.4. The van der Waals surface area contributed by atoms with Crippen molar-refractivity contribution < 1.29 is 9.59 Å². The number of rotatable bonds is 6. The number of ketones is 1. The van der Waals surface area contributed by atoms with E-state index < -0.39 is 0 Å². The maximum absolute atomic E-state index is 12.7. The Bertz CT molecular complexity index is 1030.